The van der Waals surface area contributed by atoms with Crippen LogP contribution in [0.2, 0.25) is 5.02 Å². The van der Waals surface area contributed by atoms with Crippen molar-refractivity contribution in [1.82, 2.24) is 0 Å². The molecule has 0 bridgehead atoms. The number of esters is 1. The van der Waals surface area contributed by atoms with Crippen molar-refractivity contribution in [2.75, 3.05) is 5.32 Å². The third kappa shape index (κ3) is 5.19. The van der Waals surface area contributed by atoms with Crippen molar-refractivity contribution in [3.63, 3.8) is 0 Å². The Morgan fingerprint density at radius 2 is 1.84 bits per heavy atom. The van der Waals surface area contributed by atoms with Crippen LogP contribution in [0.3, 0.4) is 0 Å². The molecule has 0 saturated carbocycles. The molecule has 0 aromatic heterocycles. The highest BCUT2D eigenvalue weighted by Gasteiger charge is 2.17. The van der Waals surface area contributed by atoms with E-state index >= 15 is 0 Å². The second kappa shape index (κ2) is 8.49. The molecule has 0 unspecified atom stereocenters. The molecule has 0 spiro atoms. The Balaban J connectivity index is 1.95. The van der Waals surface area contributed by atoms with Gasteiger partial charge in [-0.15, -0.1) is 0 Å². The minimum atomic E-state index is -0.924. The SMILES string of the molecule is Cc1ccccc1/C=C/C(=O)O[C@H](C)C(=O)Nc1cccc(Cl)c1C. The summed E-state index contributed by atoms with van der Waals surface area (Å²) < 4.78 is 5.15. The minimum Gasteiger partial charge on any atom is -0.449 e. The smallest absolute Gasteiger partial charge is 0.331 e. The Hall–Kier alpha value is -2.59. The van der Waals surface area contributed by atoms with Crippen LogP contribution in [0.25, 0.3) is 6.08 Å². The molecule has 0 fully saturated rings. The molecule has 130 valence electrons. The number of nitrogens with one attached hydrogen (secondary N) is 1. The average molecular weight is 358 g/mol. The molecule has 0 saturated heterocycles. The number of aryl methyl sites for hydroxylation is 1. The van der Waals surface area contributed by atoms with Gasteiger partial charge < -0.3 is 10.1 Å². The Kier molecular flexibility index (Phi) is 6.37. The van der Waals surface area contributed by atoms with Gasteiger partial charge in [0, 0.05) is 16.8 Å². The molecule has 5 heteroatoms. The van der Waals surface area contributed by atoms with Gasteiger partial charge in [0.2, 0.25) is 0 Å². The minimum absolute atomic E-state index is 0.414. The zero-order valence-electron chi connectivity index (χ0n) is 14.4. The second-order valence-electron chi connectivity index (χ2n) is 5.67. The maximum absolute atomic E-state index is 12.2. The lowest BCUT2D eigenvalue weighted by molar-refractivity contribution is -0.148. The normalized spacial score (nSPS) is 12.0. The van der Waals surface area contributed by atoms with Gasteiger partial charge in [-0.2, -0.15) is 0 Å². The van der Waals surface area contributed by atoms with Gasteiger partial charge in [0.1, 0.15) is 0 Å². The molecule has 1 amide bonds. The van der Waals surface area contributed by atoms with Crippen LogP contribution in [-0.4, -0.2) is 18.0 Å². The summed E-state index contributed by atoms with van der Waals surface area (Å²) in [7, 11) is 0. The molecule has 4 nitrogen and oxygen atoms in total. The summed E-state index contributed by atoms with van der Waals surface area (Å²) in [6, 6.07) is 12.9. The summed E-state index contributed by atoms with van der Waals surface area (Å²) in [5.41, 5.74) is 3.33. The first-order valence-electron chi connectivity index (χ1n) is 7.89. The predicted octanol–water partition coefficient (Wildman–Crippen LogP) is 4.54. The van der Waals surface area contributed by atoms with Crippen molar-refractivity contribution in [1.29, 1.82) is 0 Å². The van der Waals surface area contributed by atoms with Crippen LogP contribution in [0.1, 0.15) is 23.6 Å². The van der Waals surface area contributed by atoms with Crippen LogP contribution in [-0.2, 0) is 14.3 Å². The first-order valence-corrected chi connectivity index (χ1v) is 8.26. The Labute approximate surface area is 152 Å². The van der Waals surface area contributed by atoms with Crippen LogP contribution in [0, 0.1) is 13.8 Å². The molecule has 1 N–H and O–H groups in total. The third-order valence-electron chi connectivity index (χ3n) is 3.78. The van der Waals surface area contributed by atoms with E-state index in [0.29, 0.717) is 10.7 Å². The standard InChI is InChI=1S/C20H20ClNO3/c1-13-7-4-5-8-16(13)11-12-19(23)25-15(3)20(24)22-18-10-6-9-17(21)14(18)2/h4-12,15H,1-3H3,(H,22,24)/b12-11+/t15-/m1/s1. The van der Waals surface area contributed by atoms with Crippen molar-refractivity contribution in [2.45, 2.75) is 26.9 Å². The molecule has 2 aromatic rings. The quantitative estimate of drug-likeness (QED) is 0.631. The van der Waals surface area contributed by atoms with Crippen molar-refractivity contribution in [3.05, 3.63) is 70.3 Å². The van der Waals surface area contributed by atoms with Crippen LogP contribution in [0.4, 0.5) is 5.69 Å². The Morgan fingerprint density at radius 3 is 2.56 bits per heavy atom. The topological polar surface area (TPSA) is 55.4 Å². The lowest BCUT2D eigenvalue weighted by Crippen LogP contribution is -2.29. The van der Waals surface area contributed by atoms with E-state index in [1.54, 1.807) is 31.2 Å². The zero-order chi connectivity index (χ0) is 18.4. The van der Waals surface area contributed by atoms with Crippen LogP contribution in [0.5, 0.6) is 0 Å². The van der Waals surface area contributed by atoms with Crippen molar-refractivity contribution in [2.24, 2.45) is 0 Å². The fourth-order valence-electron chi connectivity index (χ4n) is 2.18. The van der Waals surface area contributed by atoms with E-state index in [9.17, 15) is 9.59 Å². The molecule has 2 aromatic carbocycles. The lowest BCUT2D eigenvalue weighted by Gasteiger charge is -2.14. The predicted molar refractivity (Wildman–Crippen MR) is 101 cm³/mol. The van der Waals surface area contributed by atoms with Crippen LogP contribution in [0.15, 0.2) is 48.5 Å². The molecule has 1 atom stereocenters. The number of rotatable bonds is 5. The molecule has 0 aliphatic heterocycles. The third-order valence-corrected chi connectivity index (χ3v) is 4.18. The number of hydrogen-bond acceptors (Lipinski definition) is 3. The number of ether oxygens (including phenoxy) is 1. The highest BCUT2D eigenvalue weighted by Crippen LogP contribution is 2.23. The number of halogens is 1. The molecule has 0 aliphatic carbocycles. The van der Waals surface area contributed by atoms with Gasteiger partial charge in [0.15, 0.2) is 6.10 Å². The number of hydrogen-bond donors (Lipinski definition) is 1. The van der Waals surface area contributed by atoms with E-state index in [2.05, 4.69) is 5.32 Å². The highest BCUT2D eigenvalue weighted by molar-refractivity contribution is 6.31. The maximum Gasteiger partial charge on any atom is 0.331 e. The maximum atomic E-state index is 12.2. The van der Waals surface area contributed by atoms with E-state index < -0.39 is 18.0 Å². The number of anilines is 1. The van der Waals surface area contributed by atoms with Gasteiger partial charge in [-0.05, 0) is 55.7 Å². The number of benzene rings is 2. The van der Waals surface area contributed by atoms with Gasteiger partial charge in [-0.25, -0.2) is 4.79 Å². The van der Waals surface area contributed by atoms with E-state index in [1.807, 2.05) is 31.2 Å². The molecule has 0 heterocycles. The summed E-state index contributed by atoms with van der Waals surface area (Å²) in [5, 5.41) is 3.27. The molecular formula is C20H20ClNO3. The monoisotopic (exact) mass is 357 g/mol. The number of amides is 1. The van der Waals surface area contributed by atoms with Gasteiger partial charge in [0.25, 0.3) is 5.91 Å². The number of carbonyl (C=O) groups is 2. The summed E-state index contributed by atoms with van der Waals surface area (Å²) in [5.74, 6) is -0.989. The summed E-state index contributed by atoms with van der Waals surface area (Å²) in [4.78, 5) is 24.1. The van der Waals surface area contributed by atoms with Gasteiger partial charge >= 0.3 is 5.97 Å². The van der Waals surface area contributed by atoms with E-state index in [0.717, 1.165) is 16.7 Å². The molecule has 25 heavy (non-hydrogen) atoms. The first kappa shape index (κ1) is 18.7. The summed E-state index contributed by atoms with van der Waals surface area (Å²) in [6.07, 6.45) is 2.06. The molecule has 0 radical (unpaired) electrons. The van der Waals surface area contributed by atoms with Crippen molar-refractivity contribution < 1.29 is 14.3 Å². The molecule has 0 aliphatic rings. The Morgan fingerprint density at radius 1 is 1.12 bits per heavy atom. The highest BCUT2D eigenvalue weighted by atomic mass is 35.5. The summed E-state index contributed by atoms with van der Waals surface area (Å²) >= 11 is 6.03. The Bertz CT molecular complexity index is 814. The van der Waals surface area contributed by atoms with Gasteiger partial charge in [-0.1, -0.05) is 41.9 Å². The fourth-order valence-corrected chi connectivity index (χ4v) is 2.35. The fraction of sp³-hybridized carbons (Fsp3) is 0.200. The second-order valence-corrected chi connectivity index (χ2v) is 6.08. The van der Waals surface area contributed by atoms with E-state index in [-0.39, 0.29) is 0 Å². The van der Waals surface area contributed by atoms with Crippen LogP contribution >= 0.6 is 11.6 Å². The van der Waals surface area contributed by atoms with Crippen molar-refractivity contribution >= 4 is 35.2 Å². The van der Waals surface area contributed by atoms with E-state index in [1.165, 1.54) is 13.0 Å². The van der Waals surface area contributed by atoms with E-state index in [4.69, 9.17) is 16.3 Å². The lowest BCUT2D eigenvalue weighted by atomic mass is 10.1. The zero-order valence-corrected chi connectivity index (χ0v) is 15.1. The van der Waals surface area contributed by atoms with Crippen molar-refractivity contribution in [3.8, 4) is 0 Å². The van der Waals surface area contributed by atoms with Gasteiger partial charge in [-0.3, -0.25) is 4.79 Å². The molecule has 2 rings (SSSR count). The van der Waals surface area contributed by atoms with Crippen LogP contribution < -0.4 is 5.32 Å². The molecular weight excluding hydrogens is 338 g/mol. The number of carbonyl (C=O) groups excluding carboxylic acids is 2. The average Bonchev–Trinajstić information content (AvgIpc) is 2.58. The largest absolute Gasteiger partial charge is 0.449 e. The first-order chi connectivity index (χ1) is 11.9. The summed E-state index contributed by atoms with van der Waals surface area (Å²) in [6.45, 7) is 5.28. The van der Waals surface area contributed by atoms with Gasteiger partial charge in [0.05, 0.1) is 0 Å².